The van der Waals surface area contributed by atoms with E-state index in [1.165, 1.54) is 24.3 Å². The molecular weight excluding hydrogens is 405 g/mol. The van der Waals surface area contributed by atoms with E-state index in [0.29, 0.717) is 5.69 Å². The third-order valence-electron chi connectivity index (χ3n) is 3.79. The number of nitrogens with zero attached hydrogens (tertiary/aromatic N) is 1. The maximum Gasteiger partial charge on any atom is 0.257 e. The Labute approximate surface area is 166 Å². The summed E-state index contributed by atoms with van der Waals surface area (Å²) >= 11 is 5.95. The molecule has 0 unspecified atom stereocenters. The van der Waals surface area contributed by atoms with Gasteiger partial charge in [0.25, 0.3) is 5.91 Å². The van der Waals surface area contributed by atoms with E-state index < -0.39 is 21.7 Å². The lowest BCUT2D eigenvalue weighted by Gasteiger charge is -2.10. The van der Waals surface area contributed by atoms with Crippen molar-refractivity contribution in [2.24, 2.45) is 0 Å². The second-order valence-corrected chi connectivity index (χ2v) is 7.90. The fraction of sp³-hybridized carbons (Fsp3) is 0.0526. The summed E-state index contributed by atoms with van der Waals surface area (Å²) in [6, 6.07) is 14.6. The Morgan fingerprint density at radius 3 is 2.50 bits per heavy atom. The number of nitrogens with one attached hydrogen (secondary N) is 2. The lowest BCUT2D eigenvalue weighted by Crippen LogP contribution is -2.24. The Balaban J connectivity index is 1.74. The van der Waals surface area contributed by atoms with E-state index in [9.17, 15) is 17.6 Å². The molecule has 2 N–H and O–H groups in total. The van der Waals surface area contributed by atoms with Crippen LogP contribution in [0.2, 0.25) is 5.02 Å². The number of rotatable bonds is 6. The molecule has 1 amide bonds. The highest BCUT2D eigenvalue weighted by atomic mass is 35.5. The SMILES string of the molecule is O=C(Nc1ccc(S(=O)(=O)NCc2ccccn2)cc1F)c1ccccc1Cl. The van der Waals surface area contributed by atoms with Gasteiger partial charge in [-0.25, -0.2) is 17.5 Å². The van der Waals surface area contributed by atoms with E-state index in [4.69, 9.17) is 11.6 Å². The Kier molecular flexibility index (Phi) is 6.03. The summed E-state index contributed by atoms with van der Waals surface area (Å²) in [6.45, 7) is -0.0320. The molecule has 3 aromatic rings. The smallest absolute Gasteiger partial charge is 0.257 e. The molecule has 6 nitrogen and oxygen atoms in total. The number of anilines is 1. The largest absolute Gasteiger partial charge is 0.319 e. The second kappa shape index (κ2) is 8.47. The van der Waals surface area contributed by atoms with E-state index in [1.807, 2.05) is 0 Å². The lowest BCUT2D eigenvalue weighted by molar-refractivity contribution is 0.102. The lowest BCUT2D eigenvalue weighted by atomic mass is 10.2. The molecule has 0 aliphatic heterocycles. The number of aromatic nitrogens is 1. The zero-order valence-electron chi connectivity index (χ0n) is 14.4. The molecule has 0 aliphatic rings. The van der Waals surface area contributed by atoms with Crippen LogP contribution in [-0.4, -0.2) is 19.3 Å². The van der Waals surface area contributed by atoms with E-state index >= 15 is 0 Å². The van der Waals surface area contributed by atoms with Crippen molar-refractivity contribution in [1.82, 2.24) is 9.71 Å². The number of sulfonamides is 1. The Morgan fingerprint density at radius 2 is 1.82 bits per heavy atom. The average Bonchev–Trinajstić information content (AvgIpc) is 2.69. The van der Waals surface area contributed by atoms with Gasteiger partial charge in [-0.05, 0) is 42.5 Å². The highest BCUT2D eigenvalue weighted by molar-refractivity contribution is 7.89. The Bertz CT molecular complexity index is 1110. The van der Waals surface area contributed by atoms with Gasteiger partial charge < -0.3 is 5.32 Å². The molecule has 0 atom stereocenters. The van der Waals surface area contributed by atoms with Crippen LogP contribution in [0.3, 0.4) is 0 Å². The minimum Gasteiger partial charge on any atom is -0.319 e. The number of pyridine rings is 1. The van der Waals surface area contributed by atoms with Gasteiger partial charge in [0.05, 0.1) is 33.4 Å². The summed E-state index contributed by atoms with van der Waals surface area (Å²) in [5, 5.41) is 2.60. The van der Waals surface area contributed by atoms with Crippen molar-refractivity contribution < 1.29 is 17.6 Å². The van der Waals surface area contributed by atoms with E-state index in [-0.39, 0.29) is 27.7 Å². The highest BCUT2D eigenvalue weighted by Gasteiger charge is 2.18. The van der Waals surface area contributed by atoms with Gasteiger partial charge in [0, 0.05) is 6.20 Å². The first-order chi connectivity index (χ1) is 13.4. The quantitative estimate of drug-likeness (QED) is 0.639. The van der Waals surface area contributed by atoms with Crippen molar-refractivity contribution in [2.45, 2.75) is 11.4 Å². The predicted octanol–water partition coefficient (Wildman–Crippen LogP) is 3.60. The first kappa shape index (κ1) is 19.9. The van der Waals surface area contributed by atoms with Gasteiger partial charge in [0.2, 0.25) is 10.0 Å². The number of carbonyl (C=O) groups excluding carboxylic acids is 1. The molecule has 0 aliphatic carbocycles. The van der Waals surface area contributed by atoms with Crippen LogP contribution in [0.25, 0.3) is 0 Å². The van der Waals surface area contributed by atoms with Crippen molar-refractivity contribution in [3.63, 3.8) is 0 Å². The van der Waals surface area contributed by atoms with Crippen LogP contribution >= 0.6 is 11.6 Å². The summed E-state index contributed by atoms with van der Waals surface area (Å²) in [5.74, 6) is -1.49. The monoisotopic (exact) mass is 419 g/mol. The molecule has 0 saturated carbocycles. The summed E-state index contributed by atoms with van der Waals surface area (Å²) in [7, 11) is -3.95. The average molecular weight is 420 g/mol. The van der Waals surface area contributed by atoms with Crippen molar-refractivity contribution in [2.75, 3.05) is 5.32 Å². The van der Waals surface area contributed by atoms with Gasteiger partial charge in [-0.3, -0.25) is 9.78 Å². The van der Waals surface area contributed by atoms with Gasteiger partial charge in [-0.15, -0.1) is 0 Å². The van der Waals surface area contributed by atoms with Gasteiger partial charge in [-0.1, -0.05) is 29.8 Å². The topological polar surface area (TPSA) is 88.2 Å². The van der Waals surface area contributed by atoms with Crippen molar-refractivity contribution in [3.8, 4) is 0 Å². The third kappa shape index (κ3) is 4.72. The van der Waals surface area contributed by atoms with Crippen LogP contribution in [0.5, 0.6) is 0 Å². The maximum atomic E-state index is 14.4. The molecule has 0 bridgehead atoms. The maximum absolute atomic E-state index is 14.4. The molecule has 0 spiro atoms. The first-order valence-corrected chi connectivity index (χ1v) is 9.98. The fourth-order valence-electron chi connectivity index (χ4n) is 2.35. The zero-order chi connectivity index (χ0) is 20.1. The number of halogens is 2. The van der Waals surface area contributed by atoms with Crippen LogP contribution in [0.4, 0.5) is 10.1 Å². The number of hydrogen-bond acceptors (Lipinski definition) is 4. The van der Waals surface area contributed by atoms with E-state index in [0.717, 1.165) is 6.07 Å². The van der Waals surface area contributed by atoms with E-state index in [1.54, 1.807) is 36.5 Å². The van der Waals surface area contributed by atoms with Gasteiger partial charge in [0.1, 0.15) is 5.82 Å². The van der Waals surface area contributed by atoms with Gasteiger partial charge >= 0.3 is 0 Å². The zero-order valence-corrected chi connectivity index (χ0v) is 16.0. The summed E-state index contributed by atoms with van der Waals surface area (Å²) in [5.41, 5.74) is 0.543. The van der Waals surface area contributed by atoms with Crippen LogP contribution in [0.15, 0.2) is 71.8 Å². The molecule has 1 aromatic heterocycles. The van der Waals surface area contributed by atoms with Crippen molar-refractivity contribution >= 4 is 33.2 Å². The summed E-state index contributed by atoms with van der Waals surface area (Å²) < 4.78 is 41.4. The number of amides is 1. The minimum atomic E-state index is -3.95. The second-order valence-electron chi connectivity index (χ2n) is 5.72. The minimum absolute atomic E-state index is 0.0320. The van der Waals surface area contributed by atoms with Crippen molar-refractivity contribution in [3.05, 3.63) is 89.0 Å². The summed E-state index contributed by atoms with van der Waals surface area (Å²) in [4.78, 5) is 16.0. The molecule has 3 rings (SSSR count). The van der Waals surface area contributed by atoms with Crippen LogP contribution in [0, 0.1) is 5.82 Å². The highest BCUT2D eigenvalue weighted by Crippen LogP contribution is 2.22. The number of hydrogen-bond donors (Lipinski definition) is 2. The summed E-state index contributed by atoms with van der Waals surface area (Å²) in [6.07, 6.45) is 1.54. The molecule has 1 heterocycles. The van der Waals surface area contributed by atoms with E-state index in [2.05, 4.69) is 15.0 Å². The standard InChI is InChI=1S/C19H15ClFN3O3S/c20-16-7-2-1-6-15(16)19(25)24-18-9-8-14(11-17(18)21)28(26,27)23-12-13-5-3-4-10-22-13/h1-11,23H,12H2,(H,24,25). The van der Waals surface area contributed by atoms with Gasteiger partial charge in [0.15, 0.2) is 0 Å². The van der Waals surface area contributed by atoms with Crippen molar-refractivity contribution in [1.29, 1.82) is 0 Å². The van der Waals surface area contributed by atoms with Gasteiger partial charge in [-0.2, -0.15) is 0 Å². The van der Waals surface area contributed by atoms with Crippen LogP contribution < -0.4 is 10.0 Å². The normalized spacial score (nSPS) is 11.2. The van der Waals surface area contributed by atoms with Crippen LogP contribution in [-0.2, 0) is 16.6 Å². The number of benzene rings is 2. The third-order valence-corrected chi connectivity index (χ3v) is 5.52. The fourth-order valence-corrected chi connectivity index (χ4v) is 3.59. The Morgan fingerprint density at radius 1 is 1.07 bits per heavy atom. The molecule has 28 heavy (non-hydrogen) atoms. The first-order valence-electron chi connectivity index (χ1n) is 8.12. The molecule has 2 aromatic carbocycles. The van der Waals surface area contributed by atoms with Crippen LogP contribution in [0.1, 0.15) is 16.1 Å². The number of carbonyl (C=O) groups is 1. The molecule has 0 radical (unpaired) electrons. The predicted molar refractivity (Wildman–Crippen MR) is 104 cm³/mol. The molecule has 9 heteroatoms. The molecule has 144 valence electrons. The Hall–Kier alpha value is -2.81. The molecular formula is C19H15ClFN3O3S. The molecule has 0 fully saturated rings. The molecule has 0 saturated heterocycles.